The number of carbonyl (C=O) groups excluding carboxylic acids is 1. The Labute approximate surface area is 103 Å². The fourth-order valence-corrected chi connectivity index (χ4v) is 2.62. The Balaban J connectivity index is 2.08. The molecule has 84 valence electrons. The maximum Gasteiger partial charge on any atom is 0.264 e. The summed E-state index contributed by atoms with van der Waals surface area (Å²) in [6.07, 6.45) is -0.506. The van der Waals surface area contributed by atoms with Crippen molar-refractivity contribution in [2.45, 2.75) is 11.0 Å². The van der Waals surface area contributed by atoms with Crippen LogP contribution in [-0.4, -0.2) is 36.6 Å². The Kier molecular flexibility index (Phi) is 3.49. The SMILES string of the molecule is N#CC1CN(C(=O)c2cc(S)cs2)CCO1. The summed E-state index contributed by atoms with van der Waals surface area (Å²) >= 11 is 5.53. The number of rotatable bonds is 1. The van der Waals surface area contributed by atoms with Crippen LogP contribution < -0.4 is 0 Å². The van der Waals surface area contributed by atoms with E-state index in [-0.39, 0.29) is 5.91 Å². The lowest BCUT2D eigenvalue weighted by Gasteiger charge is -2.29. The van der Waals surface area contributed by atoms with Gasteiger partial charge in [-0.3, -0.25) is 4.79 Å². The van der Waals surface area contributed by atoms with Crippen molar-refractivity contribution >= 4 is 29.9 Å². The first-order valence-corrected chi connectivity index (χ1v) is 6.11. The monoisotopic (exact) mass is 254 g/mol. The third kappa shape index (κ3) is 2.38. The van der Waals surface area contributed by atoms with E-state index in [0.29, 0.717) is 24.6 Å². The molecule has 4 nitrogen and oxygen atoms in total. The molecule has 1 fully saturated rings. The molecule has 1 unspecified atom stereocenters. The zero-order valence-electron chi connectivity index (χ0n) is 8.42. The van der Waals surface area contributed by atoms with Gasteiger partial charge in [0.1, 0.15) is 0 Å². The number of nitrogens with zero attached hydrogens (tertiary/aromatic N) is 2. The lowest BCUT2D eigenvalue weighted by molar-refractivity contribution is 0.00369. The molecule has 1 aromatic heterocycles. The molecule has 16 heavy (non-hydrogen) atoms. The second-order valence-corrected chi connectivity index (χ2v) is 4.84. The largest absolute Gasteiger partial charge is 0.360 e. The molecule has 0 N–H and O–H groups in total. The Morgan fingerprint density at radius 3 is 3.19 bits per heavy atom. The maximum atomic E-state index is 12.0. The number of morpholine rings is 1. The van der Waals surface area contributed by atoms with Crippen molar-refractivity contribution in [3.63, 3.8) is 0 Å². The van der Waals surface area contributed by atoms with Crippen LogP contribution in [0.1, 0.15) is 9.67 Å². The highest BCUT2D eigenvalue weighted by atomic mass is 32.1. The summed E-state index contributed by atoms with van der Waals surface area (Å²) < 4.78 is 5.18. The van der Waals surface area contributed by atoms with Gasteiger partial charge in [0.25, 0.3) is 5.91 Å². The van der Waals surface area contributed by atoms with Crippen LogP contribution in [0.3, 0.4) is 0 Å². The Bertz CT molecular complexity index is 438. The summed E-state index contributed by atoms with van der Waals surface area (Å²) in [5, 5.41) is 10.6. The maximum absolute atomic E-state index is 12.0. The van der Waals surface area contributed by atoms with E-state index in [4.69, 9.17) is 10.00 Å². The van der Waals surface area contributed by atoms with Gasteiger partial charge < -0.3 is 9.64 Å². The fraction of sp³-hybridized carbons (Fsp3) is 0.400. The van der Waals surface area contributed by atoms with Crippen molar-refractivity contribution in [2.75, 3.05) is 19.7 Å². The second-order valence-electron chi connectivity index (χ2n) is 3.41. The Morgan fingerprint density at radius 2 is 2.56 bits per heavy atom. The quantitative estimate of drug-likeness (QED) is 0.771. The van der Waals surface area contributed by atoms with Crippen LogP contribution in [0.25, 0.3) is 0 Å². The highest BCUT2D eigenvalue weighted by molar-refractivity contribution is 7.80. The molecule has 1 atom stereocenters. The van der Waals surface area contributed by atoms with Gasteiger partial charge in [-0.15, -0.1) is 24.0 Å². The van der Waals surface area contributed by atoms with Gasteiger partial charge in [0.15, 0.2) is 6.10 Å². The summed E-state index contributed by atoms with van der Waals surface area (Å²) in [5.41, 5.74) is 0. The van der Waals surface area contributed by atoms with Gasteiger partial charge in [-0.1, -0.05) is 0 Å². The number of nitriles is 1. The summed E-state index contributed by atoms with van der Waals surface area (Å²) in [7, 11) is 0. The molecule has 0 aliphatic carbocycles. The van der Waals surface area contributed by atoms with E-state index in [0.717, 1.165) is 4.90 Å². The summed E-state index contributed by atoms with van der Waals surface area (Å²) in [6, 6.07) is 3.76. The minimum Gasteiger partial charge on any atom is -0.360 e. The zero-order chi connectivity index (χ0) is 11.5. The predicted octanol–water partition coefficient (Wildman–Crippen LogP) is 1.40. The van der Waals surface area contributed by atoms with Gasteiger partial charge >= 0.3 is 0 Å². The van der Waals surface area contributed by atoms with E-state index in [9.17, 15) is 4.79 Å². The molecule has 1 aliphatic rings. The minimum atomic E-state index is -0.506. The molecule has 1 aliphatic heterocycles. The van der Waals surface area contributed by atoms with Crippen LogP contribution >= 0.6 is 24.0 Å². The lowest BCUT2D eigenvalue weighted by atomic mass is 10.3. The fourth-order valence-electron chi connectivity index (χ4n) is 1.51. The van der Waals surface area contributed by atoms with E-state index in [1.807, 2.05) is 11.4 Å². The number of hydrogen-bond donors (Lipinski definition) is 1. The van der Waals surface area contributed by atoms with Gasteiger partial charge in [0.05, 0.1) is 24.1 Å². The van der Waals surface area contributed by atoms with Crippen molar-refractivity contribution in [1.29, 1.82) is 5.26 Å². The average Bonchev–Trinajstić information content (AvgIpc) is 2.75. The number of ether oxygens (including phenoxy) is 1. The molecule has 2 rings (SSSR count). The number of amides is 1. The number of carbonyl (C=O) groups is 1. The van der Waals surface area contributed by atoms with Crippen molar-refractivity contribution in [1.82, 2.24) is 4.90 Å². The standard InChI is InChI=1S/C10H10N2O2S2/c11-4-7-5-12(1-2-14-7)10(13)9-3-8(15)6-16-9/h3,6-7,15H,1-2,5H2. The van der Waals surface area contributed by atoms with E-state index in [2.05, 4.69) is 12.6 Å². The van der Waals surface area contributed by atoms with E-state index in [1.54, 1.807) is 11.0 Å². The summed E-state index contributed by atoms with van der Waals surface area (Å²) in [5.74, 6) is -0.0474. The van der Waals surface area contributed by atoms with E-state index in [1.165, 1.54) is 11.3 Å². The minimum absolute atomic E-state index is 0.0474. The van der Waals surface area contributed by atoms with E-state index < -0.39 is 6.10 Å². The summed E-state index contributed by atoms with van der Waals surface area (Å²) in [4.78, 5) is 15.1. The van der Waals surface area contributed by atoms with Crippen molar-refractivity contribution in [3.8, 4) is 6.07 Å². The smallest absolute Gasteiger partial charge is 0.264 e. The molecule has 0 spiro atoms. The molecule has 2 heterocycles. The molecule has 1 aromatic rings. The zero-order valence-corrected chi connectivity index (χ0v) is 10.1. The molecule has 1 amide bonds. The Morgan fingerprint density at radius 1 is 1.75 bits per heavy atom. The first-order chi connectivity index (χ1) is 7.70. The molecule has 0 aromatic carbocycles. The molecular weight excluding hydrogens is 244 g/mol. The number of thiol groups is 1. The van der Waals surface area contributed by atoms with Gasteiger partial charge in [-0.25, -0.2) is 0 Å². The van der Waals surface area contributed by atoms with Crippen LogP contribution in [0.5, 0.6) is 0 Å². The molecule has 6 heteroatoms. The highest BCUT2D eigenvalue weighted by Crippen LogP contribution is 2.20. The molecule has 1 saturated heterocycles. The normalized spacial score (nSPS) is 20.5. The Hall–Kier alpha value is -1.03. The molecule has 0 bridgehead atoms. The van der Waals surface area contributed by atoms with Crippen LogP contribution in [-0.2, 0) is 4.74 Å². The van der Waals surface area contributed by atoms with Gasteiger partial charge in [0, 0.05) is 16.8 Å². The molecule has 0 radical (unpaired) electrons. The summed E-state index contributed by atoms with van der Waals surface area (Å²) in [6.45, 7) is 1.30. The average molecular weight is 254 g/mol. The van der Waals surface area contributed by atoms with Gasteiger partial charge in [0.2, 0.25) is 0 Å². The van der Waals surface area contributed by atoms with Crippen LogP contribution in [0.15, 0.2) is 16.3 Å². The first kappa shape index (κ1) is 11.5. The van der Waals surface area contributed by atoms with Crippen LogP contribution in [0, 0.1) is 11.3 Å². The van der Waals surface area contributed by atoms with Crippen molar-refractivity contribution in [2.24, 2.45) is 0 Å². The lowest BCUT2D eigenvalue weighted by Crippen LogP contribution is -2.44. The van der Waals surface area contributed by atoms with Gasteiger partial charge in [-0.2, -0.15) is 5.26 Å². The number of thiophene rings is 1. The van der Waals surface area contributed by atoms with Gasteiger partial charge in [-0.05, 0) is 6.07 Å². The number of hydrogen-bond acceptors (Lipinski definition) is 5. The molecule has 0 saturated carbocycles. The van der Waals surface area contributed by atoms with E-state index >= 15 is 0 Å². The first-order valence-electron chi connectivity index (χ1n) is 4.78. The van der Waals surface area contributed by atoms with Crippen molar-refractivity contribution in [3.05, 3.63) is 16.3 Å². The second kappa shape index (κ2) is 4.87. The van der Waals surface area contributed by atoms with Crippen LogP contribution in [0.2, 0.25) is 0 Å². The third-order valence-electron chi connectivity index (χ3n) is 2.29. The highest BCUT2D eigenvalue weighted by Gasteiger charge is 2.25. The predicted molar refractivity (Wildman–Crippen MR) is 62.8 cm³/mol. The topological polar surface area (TPSA) is 53.3 Å². The van der Waals surface area contributed by atoms with Crippen molar-refractivity contribution < 1.29 is 9.53 Å². The molecular formula is C10H10N2O2S2. The third-order valence-corrected chi connectivity index (χ3v) is 3.65. The van der Waals surface area contributed by atoms with Crippen LogP contribution in [0.4, 0.5) is 0 Å².